The van der Waals surface area contributed by atoms with Crippen LogP contribution in [0.5, 0.6) is 0 Å². The number of alkyl halides is 3. The van der Waals surface area contributed by atoms with Gasteiger partial charge >= 0.3 is 6.18 Å². The maximum atomic E-state index is 14.0. The van der Waals surface area contributed by atoms with E-state index in [9.17, 15) is 35.6 Å². The SMILES string of the molecule is CS(=O)(=O)N(CCCC(=O)N(Cc1ccc(F)cc1)[C@H](Cc1ccccc1)C(=O)NC1CCCCC1)c1cccc(C(F)(F)F)c1. The largest absolute Gasteiger partial charge is 0.416 e. The standard InChI is InChI=1S/C34H39F4N3O4S/c1-46(44,45)41(30-15-8-12-27(23-30)34(36,37)38)21-9-16-32(42)40(24-26-17-19-28(35)20-18-26)31(22-25-10-4-2-5-11-25)33(43)39-29-13-6-3-7-14-29/h2,4-5,8,10-12,15,17-20,23,29,31H,3,6-7,9,13-14,16,21-22,24H2,1H3,(H,39,43)/t31-/m1/s1. The van der Waals surface area contributed by atoms with Gasteiger partial charge in [0.1, 0.15) is 11.9 Å². The quantitative estimate of drug-likeness (QED) is 0.213. The zero-order valence-electron chi connectivity index (χ0n) is 25.7. The molecular weight excluding hydrogens is 622 g/mol. The Balaban J connectivity index is 1.59. The summed E-state index contributed by atoms with van der Waals surface area (Å²) in [7, 11) is -4.00. The number of benzene rings is 3. The molecule has 46 heavy (non-hydrogen) atoms. The lowest BCUT2D eigenvalue weighted by Gasteiger charge is -2.34. The van der Waals surface area contributed by atoms with Crippen molar-refractivity contribution in [1.29, 1.82) is 0 Å². The number of nitrogens with one attached hydrogen (secondary N) is 1. The zero-order chi connectivity index (χ0) is 33.3. The summed E-state index contributed by atoms with van der Waals surface area (Å²) in [6.45, 7) is -0.258. The van der Waals surface area contributed by atoms with Crippen molar-refractivity contribution < 1.29 is 35.6 Å². The van der Waals surface area contributed by atoms with Gasteiger partial charge in [0, 0.05) is 32.0 Å². The van der Waals surface area contributed by atoms with Crippen molar-refractivity contribution in [3.8, 4) is 0 Å². The lowest BCUT2D eigenvalue weighted by molar-refractivity contribution is -0.141. The Morgan fingerprint density at radius 2 is 1.59 bits per heavy atom. The maximum absolute atomic E-state index is 14.0. The third-order valence-electron chi connectivity index (χ3n) is 8.10. The fourth-order valence-electron chi connectivity index (χ4n) is 5.73. The molecule has 248 valence electrons. The molecule has 2 amide bonds. The van der Waals surface area contributed by atoms with E-state index in [1.54, 1.807) is 0 Å². The first-order chi connectivity index (χ1) is 21.8. The van der Waals surface area contributed by atoms with E-state index in [0.29, 0.717) is 5.56 Å². The molecule has 0 heterocycles. The van der Waals surface area contributed by atoms with Gasteiger partial charge in [-0.05, 0) is 60.7 Å². The van der Waals surface area contributed by atoms with Crippen LogP contribution in [0.2, 0.25) is 0 Å². The minimum atomic E-state index is -4.66. The van der Waals surface area contributed by atoms with Crippen molar-refractivity contribution >= 4 is 27.5 Å². The van der Waals surface area contributed by atoms with E-state index in [2.05, 4.69) is 5.32 Å². The van der Waals surface area contributed by atoms with Gasteiger partial charge in [-0.2, -0.15) is 13.2 Å². The van der Waals surface area contributed by atoms with Crippen LogP contribution in [-0.2, 0) is 38.8 Å². The number of rotatable bonds is 13. The summed E-state index contributed by atoms with van der Waals surface area (Å²) in [6, 6.07) is 17.9. The second kappa shape index (κ2) is 15.6. The second-order valence-electron chi connectivity index (χ2n) is 11.7. The number of hydrogen-bond donors (Lipinski definition) is 1. The van der Waals surface area contributed by atoms with Crippen molar-refractivity contribution in [1.82, 2.24) is 10.2 Å². The molecule has 4 rings (SSSR count). The Bertz CT molecular complexity index is 1560. The van der Waals surface area contributed by atoms with E-state index >= 15 is 0 Å². The fraction of sp³-hybridized carbons (Fsp3) is 0.412. The van der Waals surface area contributed by atoms with Gasteiger partial charge in [-0.25, -0.2) is 12.8 Å². The third kappa shape index (κ3) is 10.0. The minimum Gasteiger partial charge on any atom is -0.352 e. The van der Waals surface area contributed by atoms with Crippen LogP contribution < -0.4 is 9.62 Å². The summed E-state index contributed by atoms with van der Waals surface area (Å²) in [5.41, 5.74) is 0.269. The molecule has 1 fully saturated rings. The van der Waals surface area contributed by atoms with Gasteiger partial charge in [-0.1, -0.05) is 67.8 Å². The van der Waals surface area contributed by atoms with Crippen molar-refractivity contribution in [3.63, 3.8) is 0 Å². The molecule has 3 aromatic rings. The average Bonchev–Trinajstić information content (AvgIpc) is 3.02. The number of nitrogens with zero attached hydrogens (tertiary/aromatic N) is 2. The molecule has 0 unspecified atom stereocenters. The average molecular weight is 662 g/mol. The molecule has 0 aromatic heterocycles. The molecular formula is C34H39F4N3O4S. The number of carbonyl (C=O) groups is 2. The first kappa shape index (κ1) is 34.9. The molecule has 0 aliphatic heterocycles. The first-order valence-electron chi connectivity index (χ1n) is 15.3. The molecule has 1 saturated carbocycles. The fourth-order valence-corrected chi connectivity index (χ4v) is 6.68. The highest BCUT2D eigenvalue weighted by molar-refractivity contribution is 7.92. The molecule has 1 atom stereocenters. The predicted molar refractivity (Wildman–Crippen MR) is 169 cm³/mol. The molecule has 1 aliphatic rings. The second-order valence-corrected chi connectivity index (χ2v) is 13.6. The highest BCUT2D eigenvalue weighted by Gasteiger charge is 2.33. The Labute approximate surface area is 267 Å². The highest BCUT2D eigenvalue weighted by atomic mass is 32.2. The van der Waals surface area contributed by atoms with Gasteiger partial charge in [-0.15, -0.1) is 0 Å². The summed E-state index contributed by atoms with van der Waals surface area (Å²) in [4.78, 5) is 29.3. The number of anilines is 1. The topological polar surface area (TPSA) is 86.8 Å². The maximum Gasteiger partial charge on any atom is 0.416 e. The summed E-state index contributed by atoms with van der Waals surface area (Å²) in [5.74, 6) is -1.21. The number of sulfonamides is 1. The molecule has 0 radical (unpaired) electrons. The van der Waals surface area contributed by atoms with Crippen LogP contribution in [0.4, 0.5) is 23.2 Å². The van der Waals surface area contributed by atoms with Crippen LogP contribution in [0.15, 0.2) is 78.9 Å². The van der Waals surface area contributed by atoms with Crippen molar-refractivity contribution in [2.45, 2.75) is 76.2 Å². The Morgan fingerprint density at radius 3 is 2.22 bits per heavy atom. The van der Waals surface area contributed by atoms with Gasteiger partial charge in [0.2, 0.25) is 21.8 Å². The molecule has 1 aliphatic carbocycles. The number of amides is 2. The van der Waals surface area contributed by atoms with Gasteiger partial charge in [0.25, 0.3) is 0 Å². The molecule has 12 heteroatoms. The third-order valence-corrected chi connectivity index (χ3v) is 9.30. The molecule has 3 aromatic carbocycles. The Hall–Kier alpha value is -3.93. The zero-order valence-corrected chi connectivity index (χ0v) is 26.5. The lowest BCUT2D eigenvalue weighted by atomic mass is 9.94. The Morgan fingerprint density at radius 1 is 0.913 bits per heavy atom. The van der Waals surface area contributed by atoms with E-state index in [0.717, 1.165) is 66.4 Å². The van der Waals surface area contributed by atoms with Crippen LogP contribution in [0.1, 0.15) is 61.6 Å². The molecule has 1 N–H and O–H groups in total. The summed E-state index contributed by atoms with van der Waals surface area (Å²) in [6.07, 6.45) is 0.998. The number of hydrogen-bond acceptors (Lipinski definition) is 4. The van der Waals surface area contributed by atoms with Crippen LogP contribution in [0.25, 0.3) is 0 Å². The summed E-state index contributed by atoms with van der Waals surface area (Å²) < 4.78 is 79.9. The van der Waals surface area contributed by atoms with Crippen LogP contribution in [0.3, 0.4) is 0 Å². The van der Waals surface area contributed by atoms with E-state index in [4.69, 9.17) is 0 Å². The van der Waals surface area contributed by atoms with E-state index in [1.165, 1.54) is 35.2 Å². The van der Waals surface area contributed by atoms with Gasteiger partial charge in [-0.3, -0.25) is 13.9 Å². The van der Waals surface area contributed by atoms with Gasteiger partial charge in [0.05, 0.1) is 17.5 Å². The van der Waals surface area contributed by atoms with Crippen molar-refractivity contribution in [2.24, 2.45) is 0 Å². The van der Waals surface area contributed by atoms with Gasteiger partial charge in [0.15, 0.2) is 0 Å². The lowest BCUT2D eigenvalue weighted by Crippen LogP contribution is -2.52. The van der Waals surface area contributed by atoms with E-state index in [-0.39, 0.29) is 50.0 Å². The summed E-state index contributed by atoms with van der Waals surface area (Å²) in [5, 5.41) is 3.13. The van der Waals surface area contributed by atoms with Crippen LogP contribution >= 0.6 is 0 Å². The van der Waals surface area contributed by atoms with E-state index in [1.807, 2.05) is 30.3 Å². The van der Waals surface area contributed by atoms with Gasteiger partial charge < -0.3 is 10.2 Å². The molecule has 7 nitrogen and oxygen atoms in total. The van der Waals surface area contributed by atoms with Crippen LogP contribution in [-0.4, -0.2) is 50.0 Å². The molecule has 0 saturated heterocycles. The first-order valence-corrected chi connectivity index (χ1v) is 17.2. The number of carbonyl (C=O) groups excluding carboxylic acids is 2. The van der Waals surface area contributed by atoms with E-state index < -0.39 is 39.5 Å². The number of halogens is 4. The monoisotopic (exact) mass is 661 g/mol. The van der Waals surface area contributed by atoms with Crippen molar-refractivity contribution in [3.05, 3.63) is 101 Å². The predicted octanol–water partition coefficient (Wildman–Crippen LogP) is 6.48. The highest BCUT2D eigenvalue weighted by Crippen LogP contribution is 2.32. The molecule has 0 bridgehead atoms. The van der Waals surface area contributed by atoms with Crippen molar-refractivity contribution in [2.75, 3.05) is 17.1 Å². The smallest absolute Gasteiger partial charge is 0.352 e. The molecule has 0 spiro atoms. The summed E-state index contributed by atoms with van der Waals surface area (Å²) >= 11 is 0. The normalized spacial score (nSPS) is 14.8. The Kier molecular flexibility index (Phi) is 11.8. The van der Waals surface area contributed by atoms with Crippen LogP contribution in [0, 0.1) is 5.82 Å². The minimum absolute atomic E-state index is 0.00187.